The Morgan fingerprint density at radius 2 is 2.00 bits per heavy atom. The van der Waals surface area contributed by atoms with Crippen LogP contribution in [0.5, 0.6) is 0 Å². The molecular weight excluding hydrogens is 307 g/mol. The highest BCUT2D eigenvalue weighted by molar-refractivity contribution is 7.80. The van der Waals surface area contributed by atoms with E-state index in [9.17, 15) is 4.39 Å². The Balaban J connectivity index is 1.99. The molecule has 5 heteroatoms. The molecule has 1 atom stereocenters. The van der Waals surface area contributed by atoms with Crippen LogP contribution in [0.15, 0.2) is 42.5 Å². The predicted octanol–water partition coefficient (Wildman–Crippen LogP) is 4.84. The summed E-state index contributed by atoms with van der Waals surface area (Å²) in [4.78, 5) is 0. The first-order chi connectivity index (χ1) is 9.95. The SMILES string of the molecule is Cc1ccc(NC(=S)N[C@@H](C)c2cccc(Cl)c2)cc1F. The number of nitrogens with one attached hydrogen (secondary N) is 2. The van der Waals surface area contributed by atoms with Gasteiger partial charge >= 0.3 is 0 Å². The van der Waals surface area contributed by atoms with Crippen molar-refractivity contribution >= 4 is 34.6 Å². The molecule has 0 aromatic heterocycles. The number of halogens is 2. The Labute approximate surface area is 134 Å². The summed E-state index contributed by atoms with van der Waals surface area (Å²) in [6.07, 6.45) is 0. The fourth-order valence-corrected chi connectivity index (χ4v) is 2.39. The van der Waals surface area contributed by atoms with Crippen LogP contribution in [0.2, 0.25) is 5.02 Å². The average Bonchev–Trinajstić information content (AvgIpc) is 2.43. The zero-order valence-electron chi connectivity index (χ0n) is 11.8. The van der Waals surface area contributed by atoms with Crippen LogP contribution in [0.3, 0.4) is 0 Å². The second-order valence-corrected chi connectivity index (χ2v) is 5.68. The Kier molecular flexibility index (Phi) is 5.15. The van der Waals surface area contributed by atoms with Gasteiger partial charge in [-0.2, -0.15) is 0 Å². The van der Waals surface area contributed by atoms with Gasteiger partial charge in [-0.05, 0) is 61.5 Å². The number of thiocarbonyl (C=S) groups is 1. The van der Waals surface area contributed by atoms with Crippen LogP contribution >= 0.6 is 23.8 Å². The van der Waals surface area contributed by atoms with Crippen LogP contribution in [-0.2, 0) is 0 Å². The second-order valence-electron chi connectivity index (χ2n) is 4.84. The molecule has 0 radical (unpaired) electrons. The smallest absolute Gasteiger partial charge is 0.171 e. The van der Waals surface area contributed by atoms with Gasteiger partial charge in [0, 0.05) is 10.7 Å². The Morgan fingerprint density at radius 1 is 1.24 bits per heavy atom. The van der Waals surface area contributed by atoms with Crippen molar-refractivity contribution in [1.82, 2.24) is 5.32 Å². The van der Waals surface area contributed by atoms with E-state index in [1.165, 1.54) is 6.07 Å². The van der Waals surface area contributed by atoms with Crippen molar-refractivity contribution in [3.8, 4) is 0 Å². The van der Waals surface area contributed by atoms with Crippen LogP contribution in [0.4, 0.5) is 10.1 Å². The molecule has 2 rings (SSSR count). The fraction of sp³-hybridized carbons (Fsp3) is 0.188. The van der Waals surface area contributed by atoms with E-state index >= 15 is 0 Å². The highest BCUT2D eigenvalue weighted by Crippen LogP contribution is 2.18. The molecule has 0 heterocycles. The second kappa shape index (κ2) is 6.87. The summed E-state index contributed by atoms with van der Waals surface area (Å²) in [5.74, 6) is -0.259. The molecular formula is C16H16ClFN2S. The molecule has 0 bridgehead atoms. The van der Waals surface area contributed by atoms with Gasteiger partial charge < -0.3 is 10.6 Å². The highest BCUT2D eigenvalue weighted by Gasteiger charge is 2.08. The summed E-state index contributed by atoms with van der Waals surface area (Å²) < 4.78 is 13.5. The van der Waals surface area contributed by atoms with Gasteiger partial charge in [-0.25, -0.2) is 4.39 Å². The number of aryl methyl sites for hydroxylation is 1. The molecule has 2 aromatic carbocycles. The molecule has 2 N–H and O–H groups in total. The fourth-order valence-electron chi connectivity index (χ4n) is 1.89. The Morgan fingerprint density at radius 3 is 2.67 bits per heavy atom. The van der Waals surface area contributed by atoms with Crippen LogP contribution in [0.25, 0.3) is 0 Å². The molecule has 2 aromatic rings. The van der Waals surface area contributed by atoms with Crippen molar-refractivity contribution in [1.29, 1.82) is 0 Å². The van der Waals surface area contributed by atoms with E-state index < -0.39 is 0 Å². The largest absolute Gasteiger partial charge is 0.356 e. The van der Waals surface area contributed by atoms with Crippen LogP contribution in [0, 0.1) is 12.7 Å². The zero-order chi connectivity index (χ0) is 15.4. The van der Waals surface area contributed by atoms with E-state index in [2.05, 4.69) is 10.6 Å². The predicted molar refractivity (Wildman–Crippen MR) is 90.4 cm³/mol. The van der Waals surface area contributed by atoms with Crippen molar-refractivity contribution in [2.45, 2.75) is 19.9 Å². The first-order valence-electron chi connectivity index (χ1n) is 6.55. The molecule has 0 unspecified atom stereocenters. The van der Waals surface area contributed by atoms with E-state index in [1.54, 1.807) is 19.1 Å². The lowest BCUT2D eigenvalue weighted by atomic mass is 10.1. The molecule has 0 saturated heterocycles. The molecule has 0 aliphatic heterocycles. The standard InChI is InChI=1S/C16H16ClFN2S/c1-10-6-7-14(9-15(10)18)20-16(21)19-11(2)12-4-3-5-13(17)8-12/h3-9,11H,1-2H3,(H2,19,20,21)/t11-/m0/s1. The van der Waals surface area contributed by atoms with Crippen molar-refractivity contribution in [3.63, 3.8) is 0 Å². The molecule has 2 nitrogen and oxygen atoms in total. The third-order valence-electron chi connectivity index (χ3n) is 3.13. The molecule has 0 aliphatic carbocycles. The lowest BCUT2D eigenvalue weighted by Gasteiger charge is -2.17. The maximum absolute atomic E-state index is 13.5. The highest BCUT2D eigenvalue weighted by atomic mass is 35.5. The van der Waals surface area contributed by atoms with Gasteiger partial charge in [-0.3, -0.25) is 0 Å². The average molecular weight is 323 g/mol. The Hall–Kier alpha value is -1.65. The van der Waals surface area contributed by atoms with Gasteiger partial charge in [0.2, 0.25) is 0 Å². The summed E-state index contributed by atoms with van der Waals surface area (Å²) >= 11 is 11.2. The van der Waals surface area contributed by atoms with Gasteiger partial charge in [0.25, 0.3) is 0 Å². The summed E-state index contributed by atoms with van der Waals surface area (Å²) in [6.45, 7) is 3.70. The maximum Gasteiger partial charge on any atom is 0.171 e. The molecule has 110 valence electrons. The first kappa shape index (κ1) is 15.7. The molecule has 0 spiro atoms. The summed E-state index contributed by atoms with van der Waals surface area (Å²) in [6, 6.07) is 12.5. The molecule has 0 fully saturated rings. The van der Waals surface area contributed by atoms with Crippen molar-refractivity contribution in [3.05, 3.63) is 64.4 Å². The third-order valence-corrected chi connectivity index (χ3v) is 3.58. The van der Waals surface area contributed by atoms with E-state index in [1.807, 2.05) is 31.2 Å². The summed E-state index contributed by atoms with van der Waals surface area (Å²) in [5, 5.41) is 7.23. The van der Waals surface area contributed by atoms with E-state index in [4.69, 9.17) is 23.8 Å². The lowest BCUT2D eigenvalue weighted by Crippen LogP contribution is -2.30. The van der Waals surface area contributed by atoms with Crippen molar-refractivity contribution < 1.29 is 4.39 Å². The van der Waals surface area contributed by atoms with E-state index in [0.29, 0.717) is 21.4 Å². The maximum atomic E-state index is 13.5. The quantitative estimate of drug-likeness (QED) is 0.791. The third kappa shape index (κ3) is 4.41. The zero-order valence-corrected chi connectivity index (χ0v) is 13.4. The number of hydrogen-bond donors (Lipinski definition) is 2. The molecule has 21 heavy (non-hydrogen) atoms. The molecule has 0 saturated carbocycles. The lowest BCUT2D eigenvalue weighted by molar-refractivity contribution is 0.619. The van der Waals surface area contributed by atoms with E-state index in [-0.39, 0.29) is 11.9 Å². The minimum absolute atomic E-state index is 0.000930. The minimum atomic E-state index is -0.259. The number of anilines is 1. The van der Waals surface area contributed by atoms with Gasteiger partial charge in [0.05, 0.1) is 6.04 Å². The topological polar surface area (TPSA) is 24.1 Å². The van der Waals surface area contributed by atoms with Gasteiger partial charge in [0.1, 0.15) is 5.82 Å². The monoisotopic (exact) mass is 322 g/mol. The number of rotatable bonds is 3. The Bertz CT molecular complexity index is 660. The normalized spacial score (nSPS) is 11.8. The van der Waals surface area contributed by atoms with Crippen LogP contribution in [-0.4, -0.2) is 5.11 Å². The van der Waals surface area contributed by atoms with Crippen molar-refractivity contribution in [2.24, 2.45) is 0 Å². The van der Waals surface area contributed by atoms with Crippen molar-refractivity contribution in [2.75, 3.05) is 5.32 Å². The van der Waals surface area contributed by atoms with Gasteiger partial charge in [-0.1, -0.05) is 29.8 Å². The van der Waals surface area contributed by atoms with E-state index in [0.717, 1.165) is 5.56 Å². The number of hydrogen-bond acceptors (Lipinski definition) is 1. The molecule has 0 amide bonds. The minimum Gasteiger partial charge on any atom is -0.356 e. The summed E-state index contributed by atoms with van der Waals surface area (Å²) in [7, 11) is 0. The van der Waals surface area contributed by atoms with Crippen LogP contribution < -0.4 is 10.6 Å². The number of benzene rings is 2. The first-order valence-corrected chi connectivity index (χ1v) is 7.33. The van der Waals surface area contributed by atoms with Gasteiger partial charge in [-0.15, -0.1) is 0 Å². The summed E-state index contributed by atoms with van der Waals surface area (Å²) in [5.41, 5.74) is 2.25. The van der Waals surface area contributed by atoms with Crippen LogP contribution in [0.1, 0.15) is 24.1 Å². The van der Waals surface area contributed by atoms with Gasteiger partial charge in [0.15, 0.2) is 5.11 Å². The molecule has 0 aliphatic rings.